The van der Waals surface area contributed by atoms with Crippen LogP contribution in [0, 0.1) is 17.2 Å². The second kappa shape index (κ2) is 9.24. The summed E-state index contributed by atoms with van der Waals surface area (Å²) in [5.41, 5.74) is 3.20. The molecular formula is C26H28FN5O. The van der Waals surface area contributed by atoms with E-state index in [1.165, 1.54) is 11.8 Å². The number of nitrogens with zero attached hydrogens (tertiary/aromatic N) is 2. The monoisotopic (exact) mass is 445 g/mol. The smallest absolute Gasteiger partial charge is 0.254 e. The van der Waals surface area contributed by atoms with E-state index >= 15 is 0 Å². The zero-order chi connectivity index (χ0) is 22.8. The Hall–Kier alpha value is -3.37. The third-order valence-electron chi connectivity index (χ3n) is 7.02. The number of benzene rings is 1. The molecule has 1 fully saturated rings. The number of hydrogen-bond donors (Lipinski definition) is 3. The lowest BCUT2D eigenvalue weighted by atomic mass is 9.80. The molecular weight excluding hydrogens is 417 g/mol. The Balaban J connectivity index is 1.23. The van der Waals surface area contributed by atoms with Crippen molar-refractivity contribution in [2.45, 2.75) is 43.7 Å². The number of allylic oxidation sites excluding steroid dienone is 2. The molecule has 7 heteroatoms. The normalized spacial score (nSPS) is 28.8. The summed E-state index contributed by atoms with van der Waals surface area (Å²) >= 11 is 0. The number of nitriles is 1. The zero-order valence-corrected chi connectivity index (χ0v) is 18.4. The van der Waals surface area contributed by atoms with Crippen LogP contribution in [0.2, 0.25) is 0 Å². The van der Waals surface area contributed by atoms with Crippen molar-refractivity contribution in [1.29, 1.82) is 5.26 Å². The SMILES string of the molecule is N#Cc1cccc(C2=CC3C=CNC3C(NC3CCN(C(=O)C4=CC=CNC4F)CC3)C2)c1. The van der Waals surface area contributed by atoms with Crippen LogP contribution in [-0.2, 0) is 4.79 Å². The Kier molecular flexibility index (Phi) is 6.01. The molecule has 3 aliphatic heterocycles. The van der Waals surface area contributed by atoms with Gasteiger partial charge in [0.1, 0.15) is 0 Å². The second-order valence-electron chi connectivity index (χ2n) is 9.07. The fourth-order valence-corrected chi connectivity index (χ4v) is 5.26. The van der Waals surface area contributed by atoms with E-state index in [-0.39, 0.29) is 17.5 Å². The van der Waals surface area contributed by atoms with E-state index in [4.69, 9.17) is 0 Å². The lowest BCUT2D eigenvalue weighted by molar-refractivity contribution is -0.129. The molecule has 4 unspecified atom stereocenters. The first-order valence-electron chi connectivity index (χ1n) is 11.6. The van der Waals surface area contributed by atoms with Crippen LogP contribution in [0.15, 0.2) is 66.5 Å². The van der Waals surface area contributed by atoms with Crippen molar-refractivity contribution in [3.8, 4) is 6.07 Å². The van der Waals surface area contributed by atoms with Gasteiger partial charge in [-0.2, -0.15) is 5.26 Å². The van der Waals surface area contributed by atoms with Crippen molar-refractivity contribution < 1.29 is 9.18 Å². The summed E-state index contributed by atoms with van der Waals surface area (Å²) in [6.45, 7) is 1.23. The maximum Gasteiger partial charge on any atom is 0.254 e. The fourth-order valence-electron chi connectivity index (χ4n) is 5.26. The molecule has 1 amide bonds. The van der Waals surface area contributed by atoms with Crippen molar-refractivity contribution in [3.05, 3.63) is 77.7 Å². The Morgan fingerprint density at radius 2 is 2.06 bits per heavy atom. The Morgan fingerprint density at radius 3 is 2.85 bits per heavy atom. The van der Waals surface area contributed by atoms with Crippen LogP contribution in [0.5, 0.6) is 0 Å². The highest BCUT2D eigenvalue weighted by molar-refractivity contribution is 5.95. The van der Waals surface area contributed by atoms with Gasteiger partial charge in [-0.25, -0.2) is 4.39 Å². The van der Waals surface area contributed by atoms with Crippen LogP contribution >= 0.6 is 0 Å². The maximum absolute atomic E-state index is 14.1. The molecule has 170 valence electrons. The van der Waals surface area contributed by atoms with Gasteiger partial charge in [-0.3, -0.25) is 4.79 Å². The zero-order valence-electron chi connectivity index (χ0n) is 18.4. The van der Waals surface area contributed by atoms with Gasteiger partial charge in [-0.05, 0) is 67.1 Å². The summed E-state index contributed by atoms with van der Waals surface area (Å²) in [4.78, 5) is 14.5. The highest BCUT2D eigenvalue weighted by Gasteiger charge is 2.36. The molecule has 0 aromatic heterocycles. The number of likely N-dealkylation sites (tertiary alicyclic amines) is 1. The van der Waals surface area contributed by atoms with Crippen LogP contribution in [-0.4, -0.2) is 48.3 Å². The predicted octanol–water partition coefficient (Wildman–Crippen LogP) is 2.74. The van der Waals surface area contributed by atoms with Gasteiger partial charge in [0.2, 0.25) is 6.30 Å². The molecule has 4 atom stereocenters. The third kappa shape index (κ3) is 4.44. The predicted molar refractivity (Wildman–Crippen MR) is 125 cm³/mol. The number of halogens is 1. The molecule has 0 spiro atoms. The van der Waals surface area contributed by atoms with Crippen molar-refractivity contribution in [2.75, 3.05) is 13.1 Å². The van der Waals surface area contributed by atoms with Gasteiger partial charge in [-0.15, -0.1) is 0 Å². The van der Waals surface area contributed by atoms with E-state index in [2.05, 4.69) is 40.2 Å². The molecule has 6 nitrogen and oxygen atoms in total. The summed E-state index contributed by atoms with van der Waals surface area (Å²) in [6, 6.07) is 10.9. The molecule has 0 radical (unpaired) electrons. The summed E-state index contributed by atoms with van der Waals surface area (Å²) in [6.07, 6.45) is 12.4. The van der Waals surface area contributed by atoms with Crippen LogP contribution < -0.4 is 16.0 Å². The molecule has 0 saturated carbocycles. The van der Waals surface area contributed by atoms with Crippen molar-refractivity contribution in [3.63, 3.8) is 0 Å². The topological polar surface area (TPSA) is 80.2 Å². The summed E-state index contributed by atoms with van der Waals surface area (Å²) in [5.74, 6) is 0.0822. The van der Waals surface area contributed by atoms with E-state index in [1.807, 2.05) is 24.4 Å². The van der Waals surface area contributed by atoms with Gasteiger partial charge in [0.05, 0.1) is 23.2 Å². The average Bonchev–Trinajstić information content (AvgIpc) is 3.34. The number of amides is 1. The van der Waals surface area contributed by atoms with Crippen LogP contribution in [0.4, 0.5) is 4.39 Å². The standard InChI is InChI=1S/C26H28FN5O/c27-25-22(5-2-9-30-25)26(33)32-11-7-21(8-12-32)31-23-15-20(14-19-6-10-29-24(19)23)18-4-1-3-17(13-18)16-28/h1-6,9-10,13-14,19,21,23-25,29-31H,7-8,11-12,15H2. The molecule has 5 rings (SSSR count). The molecule has 0 bridgehead atoms. The third-order valence-corrected chi connectivity index (χ3v) is 7.02. The van der Waals surface area contributed by atoms with Crippen LogP contribution in [0.1, 0.15) is 30.4 Å². The van der Waals surface area contributed by atoms with E-state index in [0.717, 1.165) is 24.8 Å². The summed E-state index contributed by atoms with van der Waals surface area (Å²) in [5, 5.41) is 19.2. The first-order chi connectivity index (χ1) is 16.1. The number of dihydropyridines is 1. The van der Waals surface area contributed by atoms with Gasteiger partial charge in [-0.1, -0.05) is 24.3 Å². The molecule has 1 aromatic carbocycles. The quantitative estimate of drug-likeness (QED) is 0.621. The lowest BCUT2D eigenvalue weighted by Gasteiger charge is -2.40. The number of alkyl halides is 1. The number of rotatable bonds is 4. The highest BCUT2D eigenvalue weighted by Crippen LogP contribution is 2.34. The number of nitrogens with one attached hydrogen (secondary N) is 3. The highest BCUT2D eigenvalue weighted by atomic mass is 19.1. The number of hydrogen-bond acceptors (Lipinski definition) is 5. The first-order valence-corrected chi connectivity index (χ1v) is 11.6. The average molecular weight is 446 g/mol. The van der Waals surface area contributed by atoms with Crippen molar-refractivity contribution in [2.24, 2.45) is 5.92 Å². The molecule has 1 aliphatic carbocycles. The van der Waals surface area contributed by atoms with Gasteiger partial charge in [0.15, 0.2) is 0 Å². The van der Waals surface area contributed by atoms with E-state index in [1.54, 1.807) is 17.1 Å². The van der Waals surface area contributed by atoms with Gasteiger partial charge >= 0.3 is 0 Å². The molecule has 4 aliphatic rings. The van der Waals surface area contributed by atoms with Crippen molar-refractivity contribution in [1.82, 2.24) is 20.9 Å². The van der Waals surface area contributed by atoms with Crippen LogP contribution in [0.25, 0.3) is 5.57 Å². The number of piperidine rings is 1. The summed E-state index contributed by atoms with van der Waals surface area (Å²) in [7, 11) is 0. The minimum Gasteiger partial charge on any atom is -0.386 e. The fraction of sp³-hybridized carbons (Fsp3) is 0.385. The largest absolute Gasteiger partial charge is 0.386 e. The number of carbonyl (C=O) groups is 1. The Morgan fingerprint density at radius 1 is 1.21 bits per heavy atom. The molecule has 1 aromatic rings. The van der Waals surface area contributed by atoms with Gasteiger partial charge in [0, 0.05) is 31.1 Å². The van der Waals surface area contributed by atoms with Crippen LogP contribution in [0.3, 0.4) is 0 Å². The van der Waals surface area contributed by atoms with E-state index in [0.29, 0.717) is 36.7 Å². The van der Waals surface area contributed by atoms with Gasteiger partial charge < -0.3 is 20.9 Å². The minimum absolute atomic E-state index is 0.176. The lowest BCUT2D eigenvalue weighted by Crippen LogP contribution is -2.55. The molecule has 33 heavy (non-hydrogen) atoms. The molecule has 3 N–H and O–H groups in total. The van der Waals surface area contributed by atoms with E-state index < -0.39 is 6.30 Å². The minimum atomic E-state index is -1.44. The Labute approximate surface area is 193 Å². The Bertz CT molecular complexity index is 1080. The molecule has 1 saturated heterocycles. The second-order valence-corrected chi connectivity index (χ2v) is 9.07. The number of carbonyl (C=O) groups excluding carboxylic acids is 1. The van der Waals surface area contributed by atoms with E-state index in [9.17, 15) is 14.4 Å². The number of fused-ring (bicyclic) bond motifs is 1. The summed E-state index contributed by atoms with van der Waals surface area (Å²) < 4.78 is 14.1. The van der Waals surface area contributed by atoms with Crippen molar-refractivity contribution >= 4 is 11.5 Å². The first kappa shape index (κ1) is 21.5. The maximum atomic E-state index is 14.1. The molecule has 3 heterocycles. The van der Waals surface area contributed by atoms with Gasteiger partial charge in [0.25, 0.3) is 5.91 Å².